The molecule has 1 aliphatic rings. The first-order chi connectivity index (χ1) is 7.31. The van der Waals surface area contributed by atoms with E-state index in [2.05, 4.69) is 5.32 Å². The van der Waals surface area contributed by atoms with E-state index in [1.807, 2.05) is 0 Å². The minimum Gasteiger partial charge on any atom is -0.497 e. The summed E-state index contributed by atoms with van der Waals surface area (Å²) in [7, 11) is 1.60. The fourth-order valence-corrected chi connectivity index (χ4v) is 2.03. The van der Waals surface area contributed by atoms with Gasteiger partial charge in [0, 0.05) is 11.6 Å². The molecule has 1 fully saturated rings. The van der Waals surface area contributed by atoms with Gasteiger partial charge < -0.3 is 10.1 Å². The fraction of sp³-hybridized carbons (Fsp3) is 0.500. The number of hydrogen-bond acceptors (Lipinski definition) is 2. The van der Waals surface area contributed by atoms with Gasteiger partial charge in [-0.2, -0.15) is 0 Å². The molecule has 2 rings (SSSR count). The van der Waals surface area contributed by atoms with Crippen molar-refractivity contribution < 1.29 is 9.13 Å². The summed E-state index contributed by atoms with van der Waals surface area (Å²) in [6, 6.07) is 5.07. The second-order valence-electron chi connectivity index (χ2n) is 3.89. The summed E-state index contributed by atoms with van der Waals surface area (Å²) in [6.07, 6.45) is 3.35. The van der Waals surface area contributed by atoms with Crippen molar-refractivity contribution in [2.24, 2.45) is 0 Å². The molecule has 1 aliphatic heterocycles. The van der Waals surface area contributed by atoms with E-state index in [-0.39, 0.29) is 24.3 Å². The number of hydrogen-bond donors (Lipinski definition) is 1. The maximum atomic E-state index is 13.6. The lowest BCUT2D eigenvalue weighted by Gasteiger charge is -2.24. The van der Waals surface area contributed by atoms with E-state index < -0.39 is 0 Å². The van der Waals surface area contributed by atoms with Gasteiger partial charge >= 0.3 is 0 Å². The van der Waals surface area contributed by atoms with Crippen molar-refractivity contribution in [3.8, 4) is 5.75 Å². The van der Waals surface area contributed by atoms with Gasteiger partial charge in [-0.25, -0.2) is 4.39 Å². The Labute approximate surface area is 102 Å². The number of ether oxygens (including phenoxy) is 1. The van der Waals surface area contributed by atoms with Crippen molar-refractivity contribution in [1.82, 2.24) is 5.32 Å². The van der Waals surface area contributed by atoms with Crippen LogP contribution in [0.25, 0.3) is 0 Å². The Balaban J connectivity index is 0.00000128. The predicted octanol–water partition coefficient (Wildman–Crippen LogP) is 3.07. The number of nitrogens with one attached hydrogen (secondary N) is 1. The van der Waals surface area contributed by atoms with E-state index in [4.69, 9.17) is 4.74 Å². The summed E-state index contributed by atoms with van der Waals surface area (Å²) in [5.41, 5.74) is 0.731. The first kappa shape index (κ1) is 13.3. The van der Waals surface area contributed by atoms with E-state index in [1.165, 1.54) is 12.5 Å². The van der Waals surface area contributed by atoms with Gasteiger partial charge in [0.2, 0.25) is 0 Å². The lowest BCUT2D eigenvalue weighted by atomic mass is 9.97. The monoisotopic (exact) mass is 245 g/mol. The fourth-order valence-electron chi connectivity index (χ4n) is 2.03. The molecule has 1 aromatic carbocycles. The Morgan fingerprint density at radius 2 is 2.19 bits per heavy atom. The molecule has 0 aliphatic carbocycles. The van der Waals surface area contributed by atoms with Gasteiger partial charge in [-0.05, 0) is 37.6 Å². The minimum atomic E-state index is -0.143. The third kappa shape index (κ3) is 2.86. The maximum absolute atomic E-state index is 13.6. The van der Waals surface area contributed by atoms with Crippen LogP contribution in [-0.4, -0.2) is 13.7 Å². The predicted molar refractivity (Wildman–Crippen MR) is 64.8 cm³/mol. The van der Waals surface area contributed by atoms with Crippen molar-refractivity contribution in [1.29, 1.82) is 0 Å². The number of benzene rings is 1. The molecular formula is C12H17ClFNO. The Hall–Kier alpha value is -0.800. The Morgan fingerprint density at radius 3 is 2.81 bits per heavy atom. The molecule has 0 amide bonds. The van der Waals surface area contributed by atoms with Crippen LogP contribution in [-0.2, 0) is 0 Å². The maximum Gasteiger partial charge on any atom is 0.128 e. The highest BCUT2D eigenvalue weighted by atomic mass is 35.5. The third-order valence-electron chi connectivity index (χ3n) is 2.89. The zero-order chi connectivity index (χ0) is 10.7. The molecule has 1 heterocycles. The van der Waals surface area contributed by atoms with Crippen LogP contribution >= 0.6 is 12.4 Å². The molecule has 90 valence electrons. The topological polar surface area (TPSA) is 21.3 Å². The summed E-state index contributed by atoms with van der Waals surface area (Å²) in [4.78, 5) is 0. The van der Waals surface area contributed by atoms with Crippen LogP contribution in [0, 0.1) is 5.82 Å². The lowest BCUT2D eigenvalue weighted by molar-refractivity contribution is 0.389. The van der Waals surface area contributed by atoms with Gasteiger partial charge in [-0.1, -0.05) is 6.42 Å². The average Bonchev–Trinajstić information content (AvgIpc) is 2.31. The van der Waals surface area contributed by atoms with Crippen LogP contribution in [0.5, 0.6) is 5.75 Å². The largest absolute Gasteiger partial charge is 0.497 e. The molecule has 1 N–H and O–H groups in total. The number of halogens is 2. The molecule has 1 aromatic rings. The summed E-state index contributed by atoms with van der Waals surface area (Å²) in [5.74, 6) is 0.578. The first-order valence-electron chi connectivity index (χ1n) is 5.38. The minimum absolute atomic E-state index is 0. The molecular weight excluding hydrogens is 229 g/mol. The van der Waals surface area contributed by atoms with Crippen molar-refractivity contribution in [2.45, 2.75) is 25.3 Å². The van der Waals surface area contributed by atoms with Crippen LogP contribution < -0.4 is 10.1 Å². The molecule has 0 radical (unpaired) electrons. The second kappa shape index (κ2) is 6.06. The molecule has 16 heavy (non-hydrogen) atoms. The van der Waals surface area contributed by atoms with Crippen LogP contribution in [0.4, 0.5) is 4.39 Å². The normalized spacial score (nSPS) is 20.0. The van der Waals surface area contributed by atoms with E-state index in [1.54, 1.807) is 19.2 Å². The molecule has 0 aromatic heterocycles. The smallest absolute Gasteiger partial charge is 0.128 e. The van der Waals surface area contributed by atoms with Crippen LogP contribution in [0.2, 0.25) is 0 Å². The van der Waals surface area contributed by atoms with E-state index in [0.29, 0.717) is 0 Å². The second-order valence-corrected chi connectivity index (χ2v) is 3.89. The van der Waals surface area contributed by atoms with Crippen molar-refractivity contribution in [2.75, 3.05) is 13.7 Å². The van der Waals surface area contributed by atoms with Crippen molar-refractivity contribution >= 4 is 12.4 Å². The Kier molecular flexibility index (Phi) is 5.03. The van der Waals surface area contributed by atoms with Crippen LogP contribution in [0.3, 0.4) is 0 Å². The van der Waals surface area contributed by atoms with Gasteiger partial charge in [-0.15, -0.1) is 12.4 Å². The molecule has 0 saturated carbocycles. The van der Waals surface area contributed by atoms with Gasteiger partial charge in [-0.3, -0.25) is 0 Å². The highest BCUT2D eigenvalue weighted by Gasteiger charge is 2.18. The molecule has 0 spiro atoms. The molecule has 1 saturated heterocycles. The van der Waals surface area contributed by atoms with Crippen LogP contribution in [0.15, 0.2) is 18.2 Å². The van der Waals surface area contributed by atoms with Gasteiger partial charge in [0.1, 0.15) is 11.6 Å². The third-order valence-corrected chi connectivity index (χ3v) is 2.89. The van der Waals surface area contributed by atoms with E-state index >= 15 is 0 Å². The van der Waals surface area contributed by atoms with Gasteiger partial charge in [0.25, 0.3) is 0 Å². The highest BCUT2D eigenvalue weighted by Crippen LogP contribution is 2.27. The molecule has 4 heteroatoms. The zero-order valence-corrected chi connectivity index (χ0v) is 10.1. The molecule has 0 bridgehead atoms. The van der Waals surface area contributed by atoms with Crippen molar-refractivity contribution in [3.63, 3.8) is 0 Å². The average molecular weight is 246 g/mol. The number of methoxy groups -OCH3 is 1. The SMILES string of the molecule is COc1ccc(F)c([C@@H]2CCCCN2)c1.Cl. The molecule has 2 nitrogen and oxygen atoms in total. The molecule has 0 unspecified atom stereocenters. The van der Waals surface area contributed by atoms with Gasteiger partial charge in [0.05, 0.1) is 7.11 Å². The Morgan fingerprint density at radius 1 is 1.38 bits per heavy atom. The summed E-state index contributed by atoms with van der Waals surface area (Å²) in [5, 5.41) is 3.33. The summed E-state index contributed by atoms with van der Waals surface area (Å²) < 4.78 is 18.7. The first-order valence-corrected chi connectivity index (χ1v) is 5.38. The lowest BCUT2D eigenvalue weighted by Crippen LogP contribution is -2.27. The Bertz CT molecular complexity index is 340. The van der Waals surface area contributed by atoms with Crippen LogP contribution in [0.1, 0.15) is 30.9 Å². The summed E-state index contributed by atoms with van der Waals surface area (Å²) >= 11 is 0. The zero-order valence-electron chi connectivity index (χ0n) is 9.33. The molecule has 1 atom stereocenters. The number of piperidine rings is 1. The highest BCUT2D eigenvalue weighted by molar-refractivity contribution is 5.85. The van der Waals surface area contributed by atoms with E-state index in [0.717, 1.165) is 30.7 Å². The standard InChI is InChI=1S/C12H16FNO.ClH/c1-15-9-5-6-11(13)10(8-9)12-4-2-3-7-14-12;/h5-6,8,12,14H,2-4,7H2,1H3;1H/t12-;/m0./s1. The quantitative estimate of drug-likeness (QED) is 0.865. The number of rotatable bonds is 2. The van der Waals surface area contributed by atoms with Gasteiger partial charge in [0.15, 0.2) is 0 Å². The van der Waals surface area contributed by atoms with E-state index in [9.17, 15) is 4.39 Å². The van der Waals surface area contributed by atoms with Crippen molar-refractivity contribution in [3.05, 3.63) is 29.6 Å². The summed E-state index contributed by atoms with van der Waals surface area (Å²) in [6.45, 7) is 0.974.